The Labute approximate surface area is 98.9 Å². The third-order valence-corrected chi connectivity index (χ3v) is 3.57. The standard InChI is InChI=1S/C13H12ClNO/c14-11-5-1-4-9-10(7-16)8-3-2-6-12(8)15-13(9)11/h1,4-5,16H,2-3,6-7H2. The Bertz CT molecular complexity index is 565. The van der Waals surface area contributed by atoms with Gasteiger partial charge in [-0.1, -0.05) is 23.7 Å². The molecule has 1 aliphatic rings. The minimum Gasteiger partial charge on any atom is -0.392 e. The number of hydrogen-bond donors (Lipinski definition) is 1. The van der Waals surface area contributed by atoms with E-state index < -0.39 is 0 Å². The molecule has 1 aliphatic carbocycles. The van der Waals surface area contributed by atoms with Gasteiger partial charge in [0.25, 0.3) is 0 Å². The molecule has 1 heterocycles. The Morgan fingerprint density at radius 1 is 1.31 bits per heavy atom. The van der Waals surface area contributed by atoms with Gasteiger partial charge in [0, 0.05) is 11.1 Å². The first-order chi connectivity index (χ1) is 7.81. The predicted octanol–water partition coefficient (Wildman–Crippen LogP) is 2.87. The second-order valence-corrected chi connectivity index (χ2v) is 4.57. The molecule has 0 unspecified atom stereocenters. The molecule has 2 aromatic rings. The zero-order valence-corrected chi connectivity index (χ0v) is 9.59. The third-order valence-electron chi connectivity index (χ3n) is 3.27. The van der Waals surface area contributed by atoms with Crippen LogP contribution in [0.15, 0.2) is 18.2 Å². The Kier molecular flexibility index (Phi) is 2.34. The zero-order valence-electron chi connectivity index (χ0n) is 8.83. The minimum atomic E-state index is 0.0711. The van der Waals surface area contributed by atoms with Crippen molar-refractivity contribution >= 4 is 22.5 Å². The maximum Gasteiger partial charge on any atom is 0.0895 e. The number of aliphatic hydroxyl groups excluding tert-OH is 1. The lowest BCUT2D eigenvalue weighted by molar-refractivity contribution is 0.282. The van der Waals surface area contributed by atoms with Crippen LogP contribution in [0.3, 0.4) is 0 Å². The lowest BCUT2D eigenvalue weighted by Crippen LogP contribution is -1.98. The van der Waals surface area contributed by atoms with Crippen LogP contribution in [0.25, 0.3) is 10.9 Å². The van der Waals surface area contributed by atoms with Crippen LogP contribution >= 0.6 is 11.6 Å². The molecule has 82 valence electrons. The van der Waals surface area contributed by atoms with Crippen LogP contribution in [-0.4, -0.2) is 10.1 Å². The topological polar surface area (TPSA) is 33.1 Å². The fourth-order valence-corrected chi connectivity index (χ4v) is 2.74. The van der Waals surface area contributed by atoms with Crippen molar-refractivity contribution in [2.45, 2.75) is 25.9 Å². The molecule has 0 saturated heterocycles. The molecule has 3 heteroatoms. The van der Waals surface area contributed by atoms with E-state index in [1.165, 1.54) is 5.56 Å². The van der Waals surface area contributed by atoms with Crippen LogP contribution in [0.4, 0.5) is 0 Å². The maximum absolute atomic E-state index is 9.52. The summed E-state index contributed by atoms with van der Waals surface area (Å²) in [5.41, 5.74) is 4.19. The van der Waals surface area contributed by atoms with E-state index in [1.54, 1.807) is 0 Å². The summed E-state index contributed by atoms with van der Waals surface area (Å²) in [4.78, 5) is 4.62. The molecule has 0 atom stereocenters. The van der Waals surface area contributed by atoms with Crippen molar-refractivity contribution in [1.82, 2.24) is 4.98 Å². The van der Waals surface area contributed by atoms with Crippen LogP contribution < -0.4 is 0 Å². The van der Waals surface area contributed by atoms with Gasteiger partial charge in [-0.05, 0) is 36.5 Å². The maximum atomic E-state index is 9.52. The highest BCUT2D eigenvalue weighted by Crippen LogP contribution is 2.32. The molecule has 2 nitrogen and oxygen atoms in total. The van der Waals surface area contributed by atoms with Gasteiger partial charge in [-0.15, -0.1) is 0 Å². The summed E-state index contributed by atoms with van der Waals surface area (Å²) in [6.07, 6.45) is 3.16. The summed E-state index contributed by atoms with van der Waals surface area (Å²) in [5.74, 6) is 0. The highest BCUT2D eigenvalue weighted by molar-refractivity contribution is 6.35. The van der Waals surface area contributed by atoms with E-state index in [0.717, 1.165) is 41.4 Å². The molecular weight excluding hydrogens is 222 g/mol. The van der Waals surface area contributed by atoms with E-state index >= 15 is 0 Å². The van der Waals surface area contributed by atoms with E-state index in [2.05, 4.69) is 4.98 Å². The first-order valence-electron chi connectivity index (χ1n) is 5.51. The summed E-state index contributed by atoms with van der Waals surface area (Å²) in [5, 5.41) is 11.2. The molecule has 1 aromatic heterocycles. The lowest BCUT2D eigenvalue weighted by Gasteiger charge is -2.10. The van der Waals surface area contributed by atoms with Gasteiger partial charge in [0.15, 0.2) is 0 Å². The molecule has 0 aliphatic heterocycles. The van der Waals surface area contributed by atoms with Crippen molar-refractivity contribution in [3.05, 3.63) is 40.0 Å². The molecule has 0 saturated carbocycles. The first kappa shape index (κ1) is 10.1. The lowest BCUT2D eigenvalue weighted by atomic mass is 10.0. The van der Waals surface area contributed by atoms with Gasteiger partial charge in [-0.25, -0.2) is 0 Å². The number of aliphatic hydroxyl groups is 1. The smallest absolute Gasteiger partial charge is 0.0895 e. The summed E-state index contributed by atoms with van der Waals surface area (Å²) in [6, 6.07) is 5.74. The molecule has 1 N–H and O–H groups in total. The average Bonchev–Trinajstić information content (AvgIpc) is 2.75. The monoisotopic (exact) mass is 233 g/mol. The molecule has 1 aromatic carbocycles. The molecule has 0 spiro atoms. The summed E-state index contributed by atoms with van der Waals surface area (Å²) in [7, 11) is 0. The first-order valence-corrected chi connectivity index (χ1v) is 5.89. The van der Waals surface area contributed by atoms with Crippen LogP contribution in [0.1, 0.15) is 23.2 Å². The van der Waals surface area contributed by atoms with E-state index in [9.17, 15) is 5.11 Å². The number of pyridine rings is 1. The Morgan fingerprint density at radius 2 is 2.19 bits per heavy atom. The van der Waals surface area contributed by atoms with Crippen molar-refractivity contribution in [3.63, 3.8) is 0 Å². The second kappa shape index (κ2) is 3.72. The number of hydrogen-bond acceptors (Lipinski definition) is 2. The summed E-state index contributed by atoms with van der Waals surface area (Å²) in [6.45, 7) is 0.0711. The number of nitrogens with zero attached hydrogens (tertiary/aromatic N) is 1. The van der Waals surface area contributed by atoms with Gasteiger partial charge in [0.05, 0.1) is 17.1 Å². The molecular formula is C13H12ClNO. The Balaban J connectivity index is 2.44. The highest BCUT2D eigenvalue weighted by atomic mass is 35.5. The van der Waals surface area contributed by atoms with Gasteiger partial charge in [0.1, 0.15) is 0 Å². The fraction of sp³-hybridized carbons (Fsp3) is 0.308. The van der Waals surface area contributed by atoms with Gasteiger partial charge < -0.3 is 5.11 Å². The normalized spacial score (nSPS) is 14.4. The van der Waals surface area contributed by atoms with Crippen molar-refractivity contribution in [1.29, 1.82) is 0 Å². The van der Waals surface area contributed by atoms with Crippen molar-refractivity contribution in [2.75, 3.05) is 0 Å². The SMILES string of the molecule is OCc1c2c(nc3c(Cl)cccc13)CCC2. The third kappa shape index (κ3) is 1.34. The van der Waals surface area contributed by atoms with Crippen LogP contribution in [0, 0.1) is 0 Å². The zero-order chi connectivity index (χ0) is 11.1. The minimum absolute atomic E-state index is 0.0711. The Morgan fingerprint density at radius 3 is 3.00 bits per heavy atom. The number of benzene rings is 1. The molecule has 0 radical (unpaired) electrons. The van der Waals surface area contributed by atoms with Gasteiger partial charge >= 0.3 is 0 Å². The highest BCUT2D eigenvalue weighted by Gasteiger charge is 2.19. The quantitative estimate of drug-likeness (QED) is 0.822. The average molecular weight is 234 g/mol. The molecule has 3 rings (SSSR count). The van der Waals surface area contributed by atoms with Gasteiger partial charge in [-0.3, -0.25) is 4.98 Å². The van der Waals surface area contributed by atoms with Crippen LogP contribution in [0.2, 0.25) is 5.02 Å². The number of aryl methyl sites for hydroxylation is 1. The van der Waals surface area contributed by atoms with E-state index in [0.29, 0.717) is 5.02 Å². The van der Waals surface area contributed by atoms with E-state index in [4.69, 9.17) is 11.6 Å². The fourth-order valence-electron chi connectivity index (χ4n) is 2.53. The van der Waals surface area contributed by atoms with Gasteiger partial charge in [-0.2, -0.15) is 0 Å². The molecule has 16 heavy (non-hydrogen) atoms. The van der Waals surface area contributed by atoms with Crippen molar-refractivity contribution in [3.8, 4) is 0 Å². The van der Waals surface area contributed by atoms with Crippen LogP contribution in [0.5, 0.6) is 0 Å². The van der Waals surface area contributed by atoms with Crippen molar-refractivity contribution < 1.29 is 5.11 Å². The van der Waals surface area contributed by atoms with E-state index in [-0.39, 0.29) is 6.61 Å². The van der Waals surface area contributed by atoms with Crippen molar-refractivity contribution in [2.24, 2.45) is 0 Å². The summed E-state index contributed by atoms with van der Waals surface area (Å²) >= 11 is 6.14. The second-order valence-electron chi connectivity index (χ2n) is 4.16. The Hall–Kier alpha value is -1.12. The van der Waals surface area contributed by atoms with Crippen LogP contribution in [-0.2, 0) is 19.4 Å². The summed E-state index contributed by atoms with van der Waals surface area (Å²) < 4.78 is 0. The number of halogens is 1. The predicted molar refractivity (Wildman–Crippen MR) is 64.7 cm³/mol. The molecule has 0 amide bonds. The number of para-hydroxylation sites is 1. The molecule has 0 bridgehead atoms. The van der Waals surface area contributed by atoms with Gasteiger partial charge in [0.2, 0.25) is 0 Å². The molecule has 0 fully saturated rings. The largest absolute Gasteiger partial charge is 0.392 e. The van der Waals surface area contributed by atoms with E-state index in [1.807, 2.05) is 18.2 Å². The number of fused-ring (bicyclic) bond motifs is 2. The number of aromatic nitrogens is 1. The number of rotatable bonds is 1.